The number of nitrogens with zero attached hydrogens (tertiary/aromatic N) is 2. The van der Waals surface area contributed by atoms with Crippen LogP contribution < -0.4 is 4.74 Å². The van der Waals surface area contributed by atoms with Crippen molar-refractivity contribution in [2.45, 2.75) is 0 Å². The van der Waals surface area contributed by atoms with Gasteiger partial charge in [0.15, 0.2) is 5.69 Å². The second-order valence-corrected chi connectivity index (χ2v) is 3.61. The molecule has 0 unspecified atom stereocenters. The Morgan fingerprint density at radius 2 is 1.79 bits per heavy atom. The number of carbonyl (C=O) groups is 2. The lowest BCUT2D eigenvalue weighted by atomic mass is 10.2. The van der Waals surface area contributed by atoms with Crippen LogP contribution >= 0.6 is 0 Å². The van der Waals surface area contributed by atoms with E-state index in [1.165, 1.54) is 25.8 Å². The van der Waals surface area contributed by atoms with Gasteiger partial charge in [0.1, 0.15) is 11.3 Å². The number of methoxy groups -OCH3 is 3. The SMILES string of the molecule is COC(=O)c1nn2cc(OC)ccc2c1C(=O)OC. The first-order valence-electron chi connectivity index (χ1n) is 5.35. The Balaban J connectivity index is 2.72. The van der Waals surface area contributed by atoms with E-state index in [9.17, 15) is 9.59 Å². The van der Waals surface area contributed by atoms with Gasteiger partial charge >= 0.3 is 11.9 Å². The summed E-state index contributed by atoms with van der Waals surface area (Å²) in [6, 6.07) is 3.27. The largest absolute Gasteiger partial charge is 0.495 e. The van der Waals surface area contributed by atoms with Gasteiger partial charge in [-0.2, -0.15) is 5.10 Å². The highest BCUT2D eigenvalue weighted by molar-refractivity contribution is 6.07. The van der Waals surface area contributed by atoms with Crippen LogP contribution in [0.15, 0.2) is 18.3 Å². The van der Waals surface area contributed by atoms with Crippen LogP contribution in [0.4, 0.5) is 0 Å². The van der Waals surface area contributed by atoms with Gasteiger partial charge in [0.25, 0.3) is 0 Å². The van der Waals surface area contributed by atoms with Crippen LogP contribution in [0.5, 0.6) is 5.75 Å². The van der Waals surface area contributed by atoms with Crippen LogP contribution in [-0.4, -0.2) is 42.9 Å². The van der Waals surface area contributed by atoms with Gasteiger partial charge in [0.05, 0.1) is 33.0 Å². The van der Waals surface area contributed by atoms with Crippen molar-refractivity contribution < 1.29 is 23.8 Å². The normalized spacial score (nSPS) is 10.3. The number of pyridine rings is 1. The minimum absolute atomic E-state index is 0.0667. The minimum Gasteiger partial charge on any atom is -0.495 e. The molecule has 0 atom stereocenters. The molecular weight excluding hydrogens is 252 g/mol. The molecule has 0 N–H and O–H groups in total. The lowest BCUT2D eigenvalue weighted by molar-refractivity contribution is 0.0553. The molecule has 2 heterocycles. The molecule has 19 heavy (non-hydrogen) atoms. The summed E-state index contributed by atoms with van der Waals surface area (Å²) in [5.74, 6) is -0.813. The second-order valence-electron chi connectivity index (χ2n) is 3.61. The summed E-state index contributed by atoms with van der Waals surface area (Å²) in [5, 5.41) is 4.02. The smallest absolute Gasteiger partial charge is 0.359 e. The van der Waals surface area contributed by atoms with E-state index in [0.717, 1.165) is 0 Å². The van der Waals surface area contributed by atoms with Crippen molar-refractivity contribution in [1.82, 2.24) is 9.61 Å². The van der Waals surface area contributed by atoms with E-state index in [1.54, 1.807) is 18.3 Å². The Kier molecular flexibility index (Phi) is 3.37. The molecular formula is C12H12N2O5. The third kappa shape index (κ3) is 2.10. The van der Waals surface area contributed by atoms with Gasteiger partial charge in [-0.25, -0.2) is 14.1 Å². The average Bonchev–Trinajstić information content (AvgIpc) is 2.83. The number of rotatable bonds is 3. The van der Waals surface area contributed by atoms with Crippen molar-refractivity contribution in [3.63, 3.8) is 0 Å². The molecule has 0 aliphatic carbocycles. The first-order valence-corrected chi connectivity index (χ1v) is 5.35. The van der Waals surface area contributed by atoms with E-state index >= 15 is 0 Å². The predicted octanol–water partition coefficient (Wildman–Crippen LogP) is 0.916. The topological polar surface area (TPSA) is 79.1 Å². The van der Waals surface area contributed by atoms with Gasteiger partial charge < -0.3 is 14.2 Å². The number of fused-ring (bicyclic) bond motifs is 1. The van der Waals surface area contributed by atoms with Crippen molar-refractivity contribution in [2.75, 3.05) is 21.3 Å². The molecule has 0 aromatic carbocycles. The standard InChI is InChI=1S/C12H12N2O5/c1-17-7-4-5-8-9(11(15)18-2)10(12(16)19-3)13-14(8)6-7/h4-6H,1-3H3. The molecule has 0 aliphatic heterocycles. The van der Waals surface area contributed by atoms with E-state index < -0.39 is 11.9 Å². The zero-order valence-electron chi connectivity index (χ0n) is 10.7. The fraction of sp³-hybridized carbons (Fsp3) is 0.250. The average molecular weight is 264 g/mol. The van der Waals surface area contributed by atoms with Crippen molar-refractivity contribution >= 4 is 17.5 Å². The lowest BCUT2D eigenvalue weighted by Gasteiger charge is -2.01. The molecule has 2 rings (SSSR count). The van der Waals surface area contributed by atoms with Crippen LogP contribution in [0.3, 0.4) is 0 Å². The Morgan fingerprint density at radius 1 is 1.11 bits per heavy atom. The number of carbonyl (C=O) groups excluding carboxylic acids is 2. The van der Waals surface area contributed by atoms with E-state index in [-0.39, 0.29) is 11.3 Å². The number of esters is 2. The highest BCUT2D eigenvalue weighted by Crippen LogP contribution is 2.21. The molecule has 100 valence electrons. The maximum atomic E-state index is 11.8. The van der Waals surface area contributed by atoms with Crippen LogP contribution in [0, 0.1) is 0 Å². The molecule has 0 saturated heterocycles. The summed E-state index contributed by atoms with van der Waals surface area (Å²) in [5.41, 5.74) is 0.410. The van der Waals surface area contributed by atoms with Crippen LogP contribution in [0.2, 0.25) is 0 Å². The molecule has 7 heteroatoms. The van der Waals surface area contributed by atoms with Crippen molar-refractivity contribution in [2.24, 2.45) is 0 Å². The number of aromatic nitrogens is 2. The summed E-state index contributed by atoms with van der Waals surface area (Å²) >= 11 is 0. The predicted molar refractivity (Wildman–Crippen MR) is 64.4 cm³/mol. The van der Waals surface area contributed by atoms with Crippen LogP contribution in [-0.2, 0) is 9.47 Å². The zero-order chi connectivity index (χ0) is 14.0. The molecule has 2 aromatic rings. The third-order valence-corrected chi connectivity index (χ3v) is 2.61. The Labute approximate surface area is 108 Å². The molecule has 0 bridgehead atoms. The van der Waals surface area contributed by atoms with Gasteiger partial charge in [-0.1, -0.05) is 0 Å². The molecule has 2 aromatic heterocycles. The fourth-order valence-corrected chi connectivity index (χ4v) is 1.69. The molecule has 0 aliphatic rings. The van der Waals surface area contributed by atoms with Gasteiger partial charge in [-0.3, -0.25) is 0 Å². The van der Waals surface area contributed by atoms with E-state index in [1.807, 2.05) is 0 Å². The second kappa shape index (κ2) is 4.97. The van der Waals surface area contributed by atoms with Crippen molar-refractivity contribution in [1.29, 1.82) is 0 Å². The first kappa shape index (κ1) is 12.9. The highest BCUT2D eigenvalue weighted by Gasteiger charge is 2.26. The Bertz CT molecular complexity index is 647. The van der Waals surface area contributed by atoms with Gasteiger partial charge in [0.2, 0.25) is 0 Å². The first-order chi connectivity index (χ1) is 9.12. The Hall–Kier alpha value is -2.57. The minimum atomic E-state index is -0.705. The highest BCUT2D eigenvalue weighted by atomic mass is 16.5. The van der Waals surface area contributed by atoms with Crippen LogP contribution in [0.25, 0.3) is 5.52 Å². The van der Waals surface area contributed by atoms with E-state index in [2.05, 4.69) is 14.6 Å². The lowest BCUT2D eigenvalue weighted by Crippen LogP contribution is -2.10. The quantitative estimate of drug-likeness (QED) is 0.767. The molecule has 0 amide bonds. The van der Waals surface area contributed by atoms with E-state index in [0.29, 0.717) is 11.3 Å². The summed E-state index contributed by atoms with van der Waals surface area (Å²) in [6.07, 6.45) is 1.55. The molecule has 0 saturated carbocycles. The van der Waals surface area contributed by atoms with Crippen molar-refractivity contribution in [3.8, 4) is 5.75 Å². The molecule has 0 radical (unpaired) electrons. The Morgan fingerprint density at radius 3 is 2.37 bits per heavy atom. The van der Waals surface area contributed by atoms with Gasteiger partial charge in [-0.15, -0.1) is 0 Å². The summed E-state index contributed by atoms with van der Waals surface area (Å²) in [6.45, 7) is 0. The number of hydrogen-bond acceptors (Lipinski definition) is 6. The summed E-state index contributed by atoms with van der Waals surface area (Å²) < 4.78 is 15.7. The van der Waals surface area contributed by atoms with Gasteiger partial charge in [-0.05, 0) is 12.1 Å². The fourth-order valence-electron chi connectivity index (χ4n) is 1.69. The zero-order valence-corrected chi connectivity index (χ0v) is 10.7. The molecule has 0 fully saturated rings. The number of hydrogen-bond donors (Lipinski definition) is 0. The summed E-state index contributed by atoms with van der Waals surface area (Å²) in [7, 11) is 3.96. The van der Waals surface area contributed by atoms with Crippen LogP contribution in [0.1, 0.15) is 20.8 Å². The molecule has 7 nitrogen and oxygen atoms in total. The summed E-state index contributed by atoms with van der Waals surface area (Å²) in [4.78, 5) is 23.4. The third-order valence-electron chi connectivity index (χ3n) is 2.61. The maximum Gasteiger partial charge on any atom is 0.359 e. The maximum absolute atomic E-state index is 11.8. The monoisotopic (exact) mass is 264 g/mol. The number of ether oxygens (including phenoxy) is 3. The van der Waals surface area contributed by atoms with E-state index in [4.69, 9.17) is 4.74 Å². The molecule has 0 spiro atoms. The van der Waals surface area contributed by atoms with Crippen molar-refractivity contribution in [3.05, 3.63) is 29.6 Å². The van der Waals surface area contributed by atoms with Gasteiger partial charge in [0, 0.05) is 0 Å².